The molecule has 0 atom stereocenters. The molecule has 0 aliphatic rings. The molecule has 10 heteroatoms. The number of thiazole rings is 1. The van der Waals surface area contributed by atoms with E-state index in [0.29, 0.717) is 23.8 Å². The number of amides is 2. The van der Waals surface area contributed by atoms with Gasteiger partial charge in [0.05, 0.1) is 6.54 Å². The fraction of sp³-hybridized carbons (Fsp3) is 0.364. The summed E-state index contributed by atoms with van der Waals surface area (Å²) in [4.78, 5) is 30.1. The number of hydrogen-bond acceptors (Lipinski definition) is 6. The molecule has 0 fully saturated rings. The summed E-state index contributed by atoms with van der Waals surface area (Å²) in [6.07, 6.45) is 2.13. The molecule has 0 aliphatic heterocycles. The van der Waals surface area contributed by atoms with E-state index in [9.17, 15) is 9.59 Å². The first kappa shape index (κ1) is 14.9. The minimum atomic E-state index is -1.08. The minimum absolute atomic E-state index is 0.0153. The molecule has 2 aromatic heterocycles. The highest BCUT2D eigenvalue weighted by Gasteiger charge is 2.09. The van der Waals surface area contributed by atoms with Crippen LogP contribution in [0, 0.1) is 0 Å². The molecule has 21 heavy (non-hydrogen) atoms. The first-order chi connectivity index (χ1) is 10.0. The van der Waals surface area contributed by atoms with Crippen LogP contribution in [0.4, 0.5) is 4.79 Å². The van der Waals surface area contributed by atoms with Crippen molar-refractivity contribution in [1.29, 1.82) is 0 Å². The smallest absolute Gasteiger partial charge is 0.355 e. The Hall–Kier alpha value is -2.49. The third-order valence-electron chi connectivity index (χ3n) is 2.45. The number of rotatable bonds is 6. The topological polar surface area (TPSA) is 122 Å². The molecular formula is C11H14N6O3S. The lowest BCUT2D eigenvalue weighted by Gasteiger charge is -2.04. The second-order valence-electron chi connectivity index (χ2n) is 4.13. The van der Waals surface area contributed by atoms with Crippen LogP contribution >= 0.6 is 11.3 Å². The van der Waals surface area contributed by atoms with Gasteiger partial charge < -0.3 is 15.7 Å². The van der Waals surface area contributed by atoms with Crippen LogP contribution in [0.15, 0.2) is 11.7 Å². The van der Waals surface area contributed by atoms with E-state index >= 15 is 0 Å². The van der Waals surface area contributed by atoms with Crippen LogP contribution < -0.4 is 10.6 Å². The predicted octanol–water partition coefficient (Wildman–Crippen LogP) is 0.0117. The zero-order valence-electron chi connectivity index (χ0n) is 11.2. The van der Waals surface area contributed by atoms with Crippen molar-refractivity contribution in [3.63, 3.8) is 0 Å². The van der Waals surface area contributed by atoms with Crippen molar-refractivity contribution >= 4 is 23.3 Å². The summed E-state index contributed by atoms with van der Waals surface area (Å²) in [5.74, 6) is -0.423. The SMILES string of the molecule is Cn1cnc(CCNC(=O)NCc2nc(C(=O)O)cs2)n1. The van der Waals surface area contributed by atoms with E-state index in [4.69, 9.17) is 5.11 Å². The number of hydrogen-bond donors (Lipinski definition) is 3. The molecule has 0 saturated heterocycles. The van der Waals surface area contributed by atoms with E-state index in [1.807, 2.05) is 0 Å². The molecule has 0 aromatic carbocycles. The molecule has 2 rings (SSSR count). The number of carboxylic acids is 1. The highest BCUT2D eigenvalue weighted by molar-refractivity contribution is 7.09. The Balaban J connectivity index is 1.68. The molecule has 0 spiro atoms. The molecule has 9 nitrogen and oxygen atoms in total. The van der Waals surface area contributed by atoms with Gasteiger partial charge in [0, 0.05) is 25.4 Å². The van der Waals surface area contributed by atoms with E-state index in [0.717, 1.165) is 0 Å². The number of carbonyl (C=O) groups excluding carboxylic acids is 1. The monoisotopic (exact) mass is 310 g/mol. The lowest BCUT2D eigenvalue weighted by molar-refractivity contribution is 0.0691. The minimum Gasteiger partial charge on any atom is -0.476 e. The lowest BCUT2D eigenvalue weighted by Crippen LogP contribution is -2.36. The number of carbonyl (C=O) groups is 2. The van der Waals surface area contributed by atoms with Gasteiger partial charge >= 0.3 is 12.0 Å². The Morgan fingerprint density at radius 2 is 2.24 bits per heavy atom. The number of aryl methyl sites for hydroxylation is 1. The van der Waals surface area contributed by atoms with Crippen LogP contribution in [0.3, 0.4) is 0 Å². The summed E-state index contributed by atoms with van der Waals surface area (Å²) in [5.41, 5.74) is -0.0153. The second-order valence-corrected chi connectivity index (χ2v) is 5.07. The van der Waals surface area contributed by atoms with E-state index < -0.39 is 5.97 Å². The van der Waals surface area contributed by atoms with Gasteiger partial charge in [-0.05, 0) is 0 Å². The maximum atomic E-state index is 11.5. The van der Waals surface area contributed by atoms with Crippen LogP contribution in [-0.2, 0) is 20.0 Å². The van der Waals surface area contributed by atoms with E-state index in [1.165, 1.54) is 16.7 Å². The summed E-state index contributed by atoms with van der Waals surface area (Å²) in [6, 6.07) is -0.349. The summed E-state index contributed by atoms with van der Waals surface area (Å²) >= 11 is 1.19. The van der Waals surface area contributed by atoms with Gasteiger partial charge in [-0.2, -0.15) is 5.10 Å². The molecule has 0 radical (unpaired) electrons. The third-order valence-corrected chi connectivity index (χ3v) is 3.30. The number of aromatic carboxylic acids is 1. The van der Waals surface area contributed by atoms with Crippen molar-refractivity contribution in [2.24, 2.45) is 7.05 Å². The van der Waals surface area contributed by atoms with E-state index in [-0.39, 0.29) is 18.3 Å². The van der Waals surface area contributed by atoms with Gasteiger partial charge in [0.25, 0.3) is 0 Å². The fourth-order valence-electron chi connectivity index (χ4n) is 1.50. The molecule has 0 unspecified atom stereocenters. The van der Waals surface area contributed by atoms with Crippen molar-refractivity contribution < 1.29 is 14.7 Å². The fourth-order valence-corrected chi connectivity index (χ4v) is 2.20. The Labute approximate surface area is 124 Å². The molecule has 3 N–H and O–H groups in total. The number of urea groups is 1. The van der Waals surface area contributed by atoms with Crippen molar-refractivity contribution in [3.8, 4) is 0 Å². The number of carboxylic acid groups (broad SMARTS) is 1. The zero-order valence-corrected chi connectivity index (χ0v) is 12.1. The van der Waals surface area contributed by atoms with Gasteiger partial charge in [-0.3, -0.25) is 4.68 Å². The Bertz CT molecular complexity index is 637. The van der Waals surface area contributed by atoms with Crippen molar-refractivity contribution in [3.05, 3.63) is 28.2 Å². The quantitative estimate of drug-likeness (QED) is 0.691. The van der Waals surface area contributed by atoms with Crippen molar-refractivity contribution in [2.45, 2.75) is 13.0 Å². The number of nitrogens with one attached hydrogen (secondary N) is 2. The second kappa shape index (κ2) is 6.79. The van der Waals surface area contributed by atoms with Gasteiger partial charge in [0.1, 0.15) is 11.3 Å². The Morgan fingerprint density at radius 3 is 2.86 bits per heavy atom. The maximum absolute atomic E-state index is 11.5. The first-order valence-corrected chi connectivity index (χ1v) is 6.96. The molecule has 2 amide bonds. The van der Waals surface area contributed by atoms with Crippen LogP contribution in [-0.4, -0.2) is 43.4 Å². The van der Waals surface area contributed by atoms with Crippen molar-refractivity contribution in [1.82, 2.24) is 30.4 Å². The molecule has 0 bridgehead atoms. The van der Waals surface area contributed by atoms with Crippen LogP contribution in [0.25, 0.3) is 0 Å². The number of nitrogens with zero attached hydrogens (tertiary/aromatic N) is 4. The van der Waals surface area contributed by atoms with Crippen LogP contribution in [0.2, 0.25) is 0 Å². The standard InChI is InChI=1S/C11H14N6O3S/c1-17-6-14-8(16-17)2-3-12-11(20)13-4-9-15-7(5-21-9)10(18)19/h5-6H,2-4H2,1H3,(H,18,19)(H2,12,13,20). The summed E-state index contributed by atoms with van der Waals surface area (Å²) in [7, 11) is 1.77. The van der Waals surface area contributed by atoms with Gasteiger partial charge in [-0.1, -0.05) is 0 Å². The Morgan fingerprint density at radius 1 is 1.43 bits per heavy atom. The molecule has 112 valence electrons. The lowest BCUT2D eigenvalue weighted by atomic mass is 10.4. The molecule has 2 aromatic rings. The van der Waals surface area contributed by atoms with Crippen LogP contribution in [0.5, 0.6) is 0 Å². The van der Waals surface area contributed by atoms with Gasteiger partial charge in [0.2, 0.25) is 0 Å². The summed E-state index contributed by atoms with van der Waals surface area (Å²) < 4.78 is 1.60. The average Bonchev–Trinajstić information content (AvgIpc) is 3.05. The van der Waals surface area contributed by atoms with E-state index in [2.05, 4.69) is 25.7 Å². The molecule has 2 heterocycles. The van der Waals surface area contributed by atoms with Gasteiger partial charge in [0.15, 0.2) is 11.5 Å². The third kappa shape index (κ3) is 4.53. The number of aromatic nitrogens is 4. The summed E-state index contributed by atoms with van der Waals surface area (Å²) in [5, 5.41) is 20.1. The molecule has 0 aliphatic carbocycles. The van der Waals surface area contributed by atoms with Crippen LogP contribution in [0.1, 0.15) is 21.3 Å². The van der Waals surface area contributed by atoms with Crippen molar-refractivity contribution in [2.75, 3.05) is 6.54 Å². The predicted molar refractivity (Wildman–Crippen MR) is 74.0 cm³/mol. The first-order valence-electron chi connectivity index (χ1n) is 6.08. The zero-order chi connectivity index (χ0) is 15.2. The van der Waals surface area contributed by atoms with Gasteiger partial charge in [-0.25, -0.2) is 19.6 Å². The molecule has 0 saturated carbocycles. The highest BCUT2D eigenvalue weighted by atomic mass is 32.1. The maximum Gasteiger partial charge on any atom is 0.355 e. The molecular weight excluding hydrogens is 296 g/mol. The van der Waals surface area contributed by atoms with E-state index in [1.54, 1.807) is 18.1 Å². The average molecular weight is 310 g/mol. The highest BCUT2D eigenvalue weighted by Crippen LogP contribution is 2.09. The summed E-state index contributed by atoms with van der Waals surface area (Å²) in [6.45, 7) is 0.597. The normalized spacial score (nSPS) is 10.3. The van der Waals surface area contributed by atoms with Gasteiger partial charge in [-0.15, -0.1) is 11.3 Å². The largest absolute Gasteiger partial charge is 0.476 e. The Kier molecular flexibility index (Phi) is 4.82.